The number of anilines is 1. The van der Waals surface area contributed by atoms with Crippen LogP contribution in [0.3, 0.4) is 0 Å². The van der Waals surface area contributed by atoms with Crippen LogP contribution < -0.4 is 10.0 Å². The van der Waals surface area contributed by atoms with Crippen LogP contribution in [0, 0.1) is 0 Å². The summed E-state index contributed by atoms with van der Waals surface area (Å²) < 4.78 is 28.2. The van der Waals surface area contributed by atoms with Gasteiger partial charge in [-0.25, -0.2) is 8.42 Å². The molecule has 0 saturated heterocycles. The fourth-order valence-electron chi connectivity index (χ4n) is 2.36. The number of rotatable bonds is 7. The van der Waals surface area contributed by atoms with Crippen LogP contribution in [0.4, 0.5) is 5.69 Å². The van der Waals surface area contributed by atoms with E-state index in [1.807, 2.05) is 6.92 Å². The molecule has 25 heavy (non-hydrogen) atoms. The Morgan fingerprint density at radius 2 is 1.84 bits per heavy atom. The van der Waals surface area contributed by atoms with Crippen molar-refractivity contribution in [3.8, 4) is 0 Å². The van der Waals surface area contributed by atoms with E-state index in [-0.39, 0.29) is 16.8 Å². The molecule has 0 heterocycles. The van der Waals surface area contributed by atoms with Crippen molar-refractivity contribution in [3.63, 3.8) is 0 Å². The molecule has 1 unspecified atom stereocenters. The van der Waals surface area contributed by atoms with Crippen LogP contribution >= 0.6 is 15.9 Å². The predicted octanol–water partition coefficient (Wildman–Crippen LogP) is 4.17. The van der Waals surface area contributed by atoms with Gasteiger partial charge < -0.3 is 5.32 Å². The van der Waals surface area contributed by atoms with E-state index in [9.17, 15) is 13.2 Å². The number of nitrogens with one attached hydrogen (secondary N) is 2. The zero-order valence-corrected chi connectivity index (χ0v) is 16.5. The standard InChI is InChI=1S/C18H21BrN2O3S/c1-3-5-13(2)20-18(22)14-6-4-7-16(12-14)21-25(23,24)17-10-8-15(19)9-11-17/h4,6-13,21H,3,5H2,1-2H3,(H,20,22). The lowest BCUT2D eigenvalue weighted by atomic mass is 10.1. The molecular formula is C18H21BrN2O3S. The molecule has 0 aliphatic carbocycles. The zero-order valence-electron chi connectivity index (χ0n) is 14.1. The minimum Gasteiger partial charge on any atom is -0.350 e. The third-order valence-corrected chi connectivity index (χ3v) is 5.53. The van der Waals surface area contributed by atoms with Gasteiger partial charge in [0.15, 0.2) is 0 Å². The van der Waals surface area contributed by atoms with Crippen LogP contribution in [-0.2, 0) is 10.0 Å². The highest BCUT2D eigenvalue weighted by Crippen LogP contribution is 2.19. The maximum absolute atomic E-state index is 12.4. The summed E-state index contributed by atoms with van der Waals surface area (Å²) >= 11 is 3.28. The maximum Gasteiger partial charge on any atom is 0.261 e. The minimum atomic E-state index is -3.71. The van der Waals surface area contributed by atoms with Crippen molar-refractivity contribution in [1.29, 1.82) is 0 Å². The summed E-state index contributed by atoms with van der Waals surface area (Å²) in [4.78, 5) is 12.4. The van der Waals surface area contributed by atoms with E-state index >= 15 is 0 Å². The van der Waals surface area contributed by atoms with E-state index in [4.69, 9.17) is 0 Å². The van der Waals surface area contributed by atoms with E-state index < -0.39 is 10.0 Å². The number of carbonyl (C=O) groups is 1. The third kappa shape index (κ3) is 5.57. The first kappa shape index (κ1) is 19.5. The summed E-state index contributed by atoms with van der Waals surface area (Å²) in [7, 11) is -3.71. The van der Waals surface area contributed by atoms with Crippen LogP contribution in [0.5, 0.6) is 0 Å². The number of carbonyl (C=O) groups excluding carboxylic acids is 1. The number of sulfonamides is 1. The molecule has 1 atom stereocenters. The molecular weight excluding hydrogens is 404 g/mol. The zero-order chi connectivity index (χ0) is 18.4. The van der Waals surface area contributed by atoms with Gasteiger partial charge >= 0.3 is 0 Å². The topological polar surface area (TPSA) is 75.3 Å². The van der Waals surface area contributed by atoms with Gasteiger partial charge in [-0.2, -0.15) is 0 Å². The average Bonchev–Trinajstić information content (AvgIpc) is 2.55. The molecule has 0 bridgehead atoms. The Morgan fingerprint density at radius 3 is 2.48 bits per heavy atom. The van der Waals surface area contributed by atoms with E-state index in [1.54, 1.807) is 30.3 Å². The summed E-state index contributed by atoms with van der Waals surface area (Å²) in [5.41, 5.74) is 0.762. The second-order valence-electron chi connectivity index (χ2n) is 5.80. The fraction of sp³-hybridized carbons (Fsp3) is 0.278. The first-order valence-electron chi connectivity index (χ1n) is 8.01. The number of hydrogen-bond acceptors (Lipinski definition) is 3. The summed E-state index contributed by atoms with van der Waals surface area (Å²) in [6.07, 6.45) is 1.87. The molecule has 1 amide bonds. The Morgan fingerprint density at radius 1 is 1.16 bits per heavy atom. The molecule has 0 aliphatic rings. The molecule has 0 aliphatic heterocycles. The lowest BCUT2D eigenvalue weighted by Gasteiger charge is -2.14. The van der Waals surface area contributed by atoms with Crippen molar-refractivity contribution in [1.82, 2.24) is 5.32 Å². The molecule has 0 spiro atoms. The van der Waals surface area contributed by atoms with Gasteiger partial charge in [-0.3, -0.25) is 9.52 Å². The molecule has 2 aromatic carbocycles. The van der Waals surface area contributed by atoms with Crippen LogP contribution in [0.25, 0.3) is 0 Å². The van der Waals surface area contributed by atoms with Crippen LogP contribution in [0.2, 0.25) is 0 Å². The number of amides is 1. The van der Waals surface area contributed by atoms with E-state index in [1.165, 1.54) is 18.2 Å². The van der Waals surface area contributed by atoms with Gasteiger partial charge in [0, 0.05) is 21.8 Å². The summed E-state index contributed by atoms with van der Waals surface area (Å²) in [5, 5.41) is 2.90. The van der Waals surface area contributed by atoms with Gasteiger partial charge in [-0.05, 0) is 55.8 Å². The second kappa shape index (κ2) is 8.49. The molecule has 0 fully saturated rings. The third-order valence-electron chi connectivity index (χ3n) is 3.60. The largest absolute Gasteiger partial charge is 0.350 e. The number of halogens is 1. The Balaban J connectivity index is 2.15. The van der Waals surface area contributed by atoms with Crippen LogP contribution in [-0.4, -0.2) is 20.4 Å². The molecule has 2 rings (SSSR count). The highest BCUT2D eigenvalue weighted by molar-refractivity contribution is 9.10. The van der Waals surface area contributed by atoms with Gasteiger partial charge in [0.05, 0.1) is 4.90 Å². The Hall–Kier alpha value is -1.86. The van der Waals surface area contributed by atoms with Crippen LogP contribution in [0.1, 0.15) is 37.0 Å². The van der Waals surface area contributed by atoms with Crippen molar-refractivity contribution in [2.45, 2.75) is 37.6 Å². The van der Waals surface area contributed by atoms with Gasteiger partial charge in [-0.1, -0.05) is 35.3 Å². The van der Waals surface area contributed by atoms with Gasteiger partial charge in [0.2, 0.25) is 0 Å². The fourth-order valence-corrected chi connectivity index (χ4v) is 3.68. The van der Waals surface area contributed by atoms with Crippen LogP contribution in [0.15, 0.2) is 57.9 Å². The first-order valence-corrected chi connectivity index (χ1v) is 10.3. The second-order valence-corrected chi connectivity index (χ2v) is 8.40. The van der Waals surface area contributed by atoms with Gasteiger partial charge in [-0.15, -0.1) is 0 Å². The quantitative estimate of drug-likeness (QED) is 0.699. The molecule has 0 aromatic heterocycles. The molecule has 2 aromatic rings. The van der Waals surface area contributed by atoms with Gasteiger partial charge in [0.1, 0.15) is 0 Å². The predicted molar refractivity (Wildman–Crippen MR) is 103 cm³/mol. The Bertz CT molecular complexity index is 836. The van der Waals surface area contributed by atoms with E-state index in [2.05, 4.69) is 32.9 Å². The van der Waals surface area contributed by atoms with Crippen molar-refractivity contribution in [2.24, 2.45) is 0 Å². The SMILES string of the molecule is CCCC(C)NC(=O)c1cccc(NS(=O)(=O)c2ccc(Br)cc2)c1. The normalized spacial score (nSPS) is 12.4. The lowest BCUT2D eigenvalue weighted by Crippen LogP contribution is -2.32. The monoisotopic (exact) mass is 424 g/mol. The van der Waals surface area contributed by atoms with Crippen molar-refractivity contribution in [2.75, 3.05) is 4.72 Å². The smallest absolute Gasteiger partial charge is 0.261 e. The lowest BCUT2D eigenvalue weighted by molar-refractivity contribution is 0.0938. The van der Waals surface area contributed by atoms with Crippen molar-refractivity contribution in [3.05, 3.63) is 58.6 Å². The summed E-state index contributed by atoms with van der Waals surface area (Å²) in [6.45, 7) is 4.00. The summed E-state index contributed by atoms with van der Waals surface area (Å²) in [6, 6.07) is 12.9. The van der Waals surface area contributed by atoms with E-state index in [0.717, 1.165) is 17.3 Å². The molecule has 7 heteroatoms. The highest BCUT2D eigenvalue weighted by Gasteiger charge is 2.15. The highest BCUT2D eigenvalue weighted by atomic mass is 79.9. The molecule has 5 nitrogen and oxygen atoms in total. The Labute approximate surface area is 157 Å². The van der Waals surface area contributed by atoms with Crippen molar-refractivity contribution < 1.29 is 13.2 Å². The maximum atomic E-state index is 12.4. The average molecular weight is 425 g/mol. The van der Waals surface area contributed by atoms with Gasteiger partial charge in [0.25, 0.3) is 15.9 Å². The number of hydrogen-bond donors (Lipinski definition) is 2. The first-order chi connectivity index (χ1) is 11.8. The summed E-state index contributed by atoms with van der Waals surface area (Å²) in [5.74, 6) is -0.217. The molecule has 0 saturated carbocycles. The number of benzene rings is 2. The minimum absolute atomic E-state index is 0.0700. The van der Waals surface area contributed by atoms with E-state index in [0.29, 0.717) is 11.3 Å². The van der Waals surface area contributed by atoms with Crippen molar-refractivity contribution >= 4 is 37.5 Å². The molecule has 134 valence electrons. The molecule has 2 N–H and O–H groups in total. The Kier molecular flexibility index (Phi) is 6.61. The molecule has 0 radical (unpaired) electrons.